The first-order valence-corrected chi connectivity index (χ1v) is 17.0. The van der Waals surface area contributed by atoms with Crippen molar-refractivity contribution >= 4 is 38.9 Å². The second kappa shape index (κ2) is 11.5. The van der Waals surface area contributed by atoms with Crippen LogP contribution < -0.4 is 4.90 Å². The standard InChI is InChI=1S/C45H30N4O/c1-4-15-29(16-5-1)33-23-14-26-40-41(33)36-27-32(49-38-24-12-10-21-34(38)35-22-11-13-25-39(35)49)28-37(42(36)50-40)45-47-43(30-17-6-2-7-18-30)46-44(48-45)31-19-8-3-9-20-31/h1-24,26-28,39H,25H2. The average molecular weight is 643 g/mol. The van der Waals surface area contributed by atoms with Crippen molar-refractivity contribution in [3.05, 3.63) is 169 Å². The number of hydrogen-bond acceptors (Lipinski definition) is 5. The van der Waals surface area contributed by atoms with Gasteiger partial charge < -0.3 is 9.32 Å². The Bertz CT molecular complexity index is 2570. The lowest BCUT2D eigenvalue weighted by Gasteiger charge is -2.29. The molecule has 3 heterocycles. The van der Waals surface area contributed by atoms with Crippen LogP contribution in [0.15, 0.2) is 168 Å². The van der Waals surface area contributed by atoms with Crippen molar-refractivity contribution in [3.8, 4) is 45.3 Å². The van der Waals surface area contributed by atoms with Crippen molar-refractivity contribution in [1.29, 1.82) is 0 Å². The molecule has 8 aromatic rings. The lowest BCUT2D eigenvalue weighted by Crippen LogP contribution is -2.27. The highest BCUT2D eigenvalue weighted by Gasteiger charge is 2.35. The van der Waals surface area contributed by atoms with Gasteiger partial charge in [0.05, 0.1) is 11.6 Å². The summed E-state index contributed by atoms with van der Waals surface area (Å²) >= 11 is 0. The van der Waals surface area contributed by atoms with Crippen molar-refractivity contribution in [2.24, 2.45) is 0 Å². The molecule has 0 spiro atoms. The molecule has 0 fully saturated rings. The molecule has 0 N–H and O–H groups in total. The molecule has 2 aromatic heterocycles. The monoisotopic (exact) mass is 642 g/mol. The molecule has 5 nitrogen and oxygen atoms in total. The molecule has 1 aliphatic heterocycles. The van der Waals surface area contributed by atoms with Crippen LogP contribution >= 0.6 is 0 Å². The highest BCUT2D eigenvalue weighted by molar-refractivity contribution is 6.16. The minimum atomic E-state index is 0.174. The van der Waals surface area contributed by atoms with Crippen LogP contribution in [0.25, 0.3) is 72.8 Å². The number of rotatable bonds is 5. The number of fused-ring (bicyclic) bond motifs is 6. The molecule has 1 unspecified atom stereocenters. The predicted molar refractivity (Wildman–Crippen MR) is 203 cm³/mol. The van der Waals surface area contributed by atoms with E-state index in [0.29, 0.717) is 17.5 Å². The molecule has 1 atom stereocenters. The fourth-order valence-corrected chi connectivity index (χ4v) is 7.55. The highest BCUT2D eigenvalue weighted by atomic mass is 16.3. The Kier molecular flexibility index (Phi) is 6.56. The highest BCUT2D eigenvalue weighted by Crippen LogP contribution is 2.50. The summed E-state index contributed by atoms with van der Waals surface area (Å²) in [7, 11) is 0. The van der Waals surface area contributed by atoms with Gasteiger partial charge in [0, 0.05) is 38.8 Å². The van der Waals surface area contributed by atoms with Crippen LogP contribution in [-0.4, -0.2) is 21.0 Å². The van der Waals surface area contributed by atoms with E-state index in [9.17, 15) is 0 Å². The van der Waals surface area contributed by atoms with Crippen LogP contribution in [0.3, 0.4) is 0 Å². The van der Waals surface area contributed by atoms with Gasteiger partial charge in [0.2, 0.25) is 0 Å². The Balaban J connectivity index is 1.29. The molecule has 50 heavy (non-hydrogen) atoms. The second-order valence-corrected chi connectivity index (χ2v) is 12.7. The summed E-state index contributed by atoms with van der Waals surface area (Å²) in [5, 5.41) is 2.10. The first-order chi connectivity index (χ1) is 24.8. The number of para-hydroxylation sites is 1. The third-order valence-corrected chi connectivity index (χ3v) is 9.80. The van der Waals surface area contributed by atoms with Gasteiger partial charge in [-0.2, -0.15) is 0 Å². The summed E-state index contributed by atoms with van der Waals surface area (Å²) < 4.78 is 6.84. The fraction of sp³-hybridized carbons (Fsp3) is 0.0444. The summed E-state index contributed by atoms with van der Waals surface area (Å²) in [6, 6.07) is 50.5. The largest absolute Gasteiger partial charge is 0.455 e. The van der Waals surface area contributed by atoms with Crippen molar-refractivity contribution in [1.82, 2.24) is 15.0 Å². The topological polar surface area (TPSA) is 55.1 Å². The van der Waals surface area contributed by atoms with E-state index in [4.69, 9.17) is 19.4 Å². The molecule has 0 radical (unpaired) electrons. The molecule has 0 saturated carbocycles. The molecule has 0 bridgehead atoms. The molecular formula is C45H30N4O. The molecule has 0 saturated heterocycles. The van der Waals surface area contributed by atoms with E-state index in [1.165, 1.54) is 16.8 Å². The smallest absolute Gasteiger partial charge is 0.167 e. The Hall–Kier alpha value is -6.59. The van der Waals surface area contributed by atoms with E-state index >= 15 is 0 Å². The molecule has 5 heteroatoms. The van der Waals surface area contributed by atoms with E-state index in [0.717, 1.165) is 61.9 Å². The Labute approximate surface area is 289 Å². The summed E-state index contributed by atoms with van der Waals surface area (Å²) in [5.41, 5.74) is 11.4. The molecule has 6 aromatic carbocycles. The summed E-state index contributed by atoms with van der Waals surface area (Å²) in [6.45, 7) is 0. The van der Waals surface area contributed by atoms with E-state index in [1.54, 1.807) is 0 Å². The molecule has 2 aliphatic rings. The van der Waals surface area contributed by atoms with Crippen LogP contribution in [0, 0.1) is 0 Å². The quantitative estimate of drug-likeness (QED) is 0.187. The van der Waals surface area contributed by atoms with Gasteiger partial charge in [-0.15, -0.1) is 0 Å². The third kappa shape index (κ3) is 4.59. The minimum Gasteiger partial charge on any atom is -0.455 e. The number of anilines is 2. The van der Waals surface area contributed by atoms with Gasteiger partial charge in [-0.3, -0.25) is 0 Å². The van der Waals surface area contributed by atoms with E-state index in [-0.39, 0.29) is 6.04 Å². The summed E-state index contributed by atoms with van der Waals surface area (Å²) in [4.78, 5) is 17.8. The zero-order chi connectivity index (χ0) is 33.0. The number of benzene rings is 6. The number of nitrogens with zero attached hydrogens (tertiary/aromatic N) is 4. The van der Waals surface area contributed by atoms with Crippen LogP contribution in [0.5, 0.6) is 0 Å². The Morgan fingerprint density at radius 3 is 1.90 bits per heavy atom. The maximum Gasteiger partial charge on any atom is 0.167 e. The van der Waals surface area contributed by atoms with Gasteiger partial charge >= 0.3 is 0 Å². The van der Waals surface area contributed by atoms with Gasteiger partial charge in [0.15, 0.2) is 17.5 Å². The van der Waals surface area contributed by atoms with Gasteiger partial charge in [0.1, 0.15) is 11.2 Å². The molecule has 0 amide bonds. The third-order valence-electron chi connectivity index (χ3n) is 9.80. The van der Waals surface area contributed by atoms with Gasteiger partial charge in [0.25, 0.3) is 0 Å². The van der Waals surface area contributed by atoms with Crippen LogP contribution in [-0.2, 0) is 0 Å². The molecule has 236 valence electrons. The predicted octanol–water partition coefficient (Wildman–Crippen LogP) is 11.3. The molecular weight excluding hydrogens is 613 g/mol. The molecule has 1 aliphatic carbocycles. The van der Waals surface area contributed by atoms with Gasteiger partial charge in [-0.25, -0.2) is 15.0 Å². The van der Waals surface area contributed by atoms with E-state index < -0.39 is 0 Å². The minimum absolute atomic E-state index is 0.174. The lowest BCUT2D eigenvalue weighted by atomic mass is 9.95. The SMILES string of the molecule is C1=CCC2C(=C1)c1ccccc1N2c1cc(-c2nc(-c3ccccc3)nc(-c3ccccc3)n2)c2oc3cccc(-c4ccccc4)c3c2c1. The van der Waals surface area contributed by atoms with Crippen LogP contribution in [0.4, 0.5) is 11.4 Å². The van der Waals surface area contributed by atoms with Crippen molar-refractivity contribution in [2.45, 2.75) is 12.5 Å². The summed E-state index contributed by atoms with van der Waals surface area (Å²) in [6.07, 6.45) is 7.61. The van der Waals surface area contributed by atoms with Crippen molar-refractivity contribution in [3.63, 3.8) is 0 Å². The Morgan fingerprint density at radius 2 is 1.18 bits per heavy atom. The van der Waals surface area contributed by atoms with Gasteiger partial charge in [-0.05, 0) is 47.4 Å². The zero-order valence-electron chi connectivity index (χ0n) is 27.1. The summed E-state index contributed by atoms with van der Waals surface area (Å²) in [5.74, 6) is 1.79. The average Bonchev–Trinajstić information content (AvgIpc) is 3.74. The Morgan fingerprint density at radius 1 is 0.560 bits per heavy atom. The maximum absolute atomic E-state index is 6.84. The van der Waals surface area contributed by atoms with Crippen LogP contribution in [0.2, 0.25) is 0 Å². The first kappa shape index (κ1) is 28.4. The first-order valence-electron chi connectivity index (χ1n) is 17.0. The second-order valence-electron chi connectivity index (χ2n) is 12.7. The maximum atomic E-state index is 6.84. The number of hydrogen-bond donors (Lipinski definition) is 0. The van der Waals surface area contributed by atoms with E-state index in [2.05, 4.69) is 108 Å². The van der Waals surface area contributed by atoms with Crippen molar-refractivity contribution in [2.75, 3.05) is 4.90 Å². The molecule has 10 rings (SSSR count). The number of aromatic nitrogens is 3. The number of furan rings is 1. The van der Waals surface area contributed by atoms with Crippen molar-refractivity contribution < 1.29 is 4.42 Å². The van der Waals surface area contributed by atoms with Gasteiger partial charge in [-0.1, -0.05) is 140 Å². The van der Waals surface area contributed by atoms with Crippen LogP contribution in [0.1, 0.15) is 12.0 Å². The number of allylic oxidation sites excluding steroid dienone is 2. The lowest BCUT2D eigenvalue weighted by molar-refractivity contribution is 0.669. The fourth-order valence-electron chi connectivity index (χ4n) is 7.55. The zero-order valence-corrected chi connectivity index (χ0v) is 27.1. The normalized spacial score (nSPS) is 14.9. The van der Waals surface area contributed by atoms with E-state index in [1.807, 2.05) is 60.7 Å².